The summed E-state index contributed by atoms with van der Waals surface area (Å²) in [4.78, 5) is 15.0. The van der Waals surface area contributed by atoms with Gasteiger partial charge in [-0.3, -0.25) is 4.79 Å². The SMILES string of the molecule is COC(=O)Cc1cc(C)nc(I)c1C(F)F. The number of nitrogens with zero attached hydrogens (tertiary/aromatic N) is 1. The molecule has 0 radical (unpaired) electrons. The van der Waals surface area contributed by atoms with Gasteiger partial charge in [0.05, 0.1) is 19.1 Å². The van der Waals surface area contributed by atoms with Gasteiger partial charge in [0, 0.05) is 5.69 Å². The van der Waals surface area contributed by atoms with Gasteiger partial charge in [-0.05, 0) is 41.1 Å². The second-order valence-corrected chi connectivity index (χ2v) is 4.20. The number of carbonyl (C=O) groups excluding carboxylic acids is 1. The monoisotopic (exact) mass is 341 g/mol. The molecule has 0 spiro atoms. The van der Waals surface area contributed by atoms with E-state index >= 15 is 0 Å². The van der Waals surface area contributed by atoms with Crippen LogP contribution in [0.15, 0.2) is 6.07 Å². The number of aryl methyl sites for hydroxylation is 1. The number of pyridine rings is 1. The summed E-state index contributed by atoms with van der Waals surface area (Å²) in [5, 5.41) is 0. The van der Waals surface area contributed by atoms with E-state index in [9.17, 15) is 13.6 Å². The molecular weight excluding hydrogens is 331 g/mol. The largest absolute Gasteiger partial charge is 0.469 e. The Labute approximate surface area is 105 Å². The summed E-state index contributed by atoms with van der Waals surface area (Å²) in [6, 6.07) is 1.49. The first-order valence-electron chi connectivity index (χ1n) is 4.46. The Morgan fingerprint density at radius 1 is 1.62 bits per heavy atom. The minimum atomic E-state index is -2.64. The molecule has 0 saturated heterocycles. The smallest absolute Gasteiger partial charge is 0.309 e. The molecule has 0 aliphatic heterocycles. The first-order valence-corrected chi connectivity index (χ1v) is 5.54. The highest BCUT2D eigenvalue weighted by Crippen LogP contribution is 2.28. The van der Waals surface area contributed by atoms with Crippen LogP contribution >= 0.6 is 22.6 Å². The van der Waals surface area contributed by atoms with Crippen molar-refractivity contribution in [3.8, 4) is 0 Å². The normalized spacial score (nSPS) is 10.6. The number of alkyl halides is 2. The van der Waals surface area contributed by atoms with Crippen molar-refractivity contribution in [3.05, 3.63) is 26.6 Å². The van der Waals surface area contributed by atoms with E-state index in [1.165, 1.54) is 13.2 Å². The molecule has 1 heterocycles. The predicted octanol–water partition coefficient (Wildman–Crippen LogP) is 2.65. The molecule has 0 saturated carbocycles. The van der Waals surface area contributed by atoms with Crippen LogP contribution in [0.2, 0.25) is 0 Å². The summed E-state index contributed by atoms with van der Waals surface area (Å²) in [5.74, 6) is -0.539. The number of esters is 1. The third-order valence-corrected chi connectivity index (χ3v) is 2.83. The van der Waals surface area contributed by atoms with E-state index in [4.69, 9.17) is 0 Å². The highest BCUT2D eigenvalue weighted by atomic mass is 127. The van der Waals surface area contributed by atoms with E-state index in [0.717, 1.165) is 0 Å². The van der Waals surface area contributed by atoms with Crippen LogP contribution in [0.25, 0.3) is 0 Å². The fourth-order valence-electron chi connectivity index (χ4n) is 1.31. The molecule has 0 aliphatic carbocycles. The maximum absolute atomic E-state index is 12.8. The zero-order valence-corrected chi connectivity index (χ0v) is 10.9. The molecule has 0 bridgehead atoms. The maximum atomic E-state index is 12.8. The Balaban J connectivity index is 3.18. The van der Waals surface area contributed by atoms with Gasteiger partial charge in [0.1, 0.15) is 3.70 Å². The van der Waals surface area contributed by atoms with Crippen molar-refractivity contribution in [2.45, 2.75) is 19.8 Å². The molecule has 0 aromatic carbocycles. The number of hydrogen-bond acceptors (Lipinski definition) is 3. The Morgan fingerprint density at radius 2 is 2.25 bits per heavy atom. The summed E-state index contributed by atoms with van der Waals surface area (Å²) in [5.41, 5.74) is 0.697. The molecule has 0 aliphatic rings. The van der Waals surface area contributed by atoms with E-state index in [1.807, 2.05) is 0 Å². The van der Waals surface area contributed by atoms with Gasteiger partial charge < -0.3 is 4.74 Å². The molecule has 0 N–H and O–H groups in total. The number of rotatable bonds is 3. The van der Waals surface area contributed by atoms with Crippen LogP contribution < -0.4 is 0 Å². The lowest BCUT2D eigenvalue weighted by Crippen LogP contribution is -2.10. The Kier molecular flexibility index (Phi) is 4.57. The Morgan fingerprint density at radius 3 is 2.75 bits per heavy atom. The Hall–Kier alpha value is -0.790. The average Bonchev–Trinajstić information content (AvgIpc) is 2.15. The van der Waals surface area contributed by atoms with E-state index in [-0.39, 0.29) is 21.2 Å². The van der Waals surface area contributed by atoms with Crippen molar-refractivity contribution < 1.29 is 18.3 Å². The van der Waals surface area contributed by atoms with Crippen LogP contribution in [0.3, 0.4) is 0 Å². The van der Waals surface area contributed by atoms with Crippen LogP contribution in [0.5, 0.6) is 0 Å². The number of aromatic nitrogens is 1. The lowest BCUT2D eigenvalue weighted by molar-refractivity contribution is -0.139. The first kappa shape index (κ1) is 13.3. The fourth-order valence-corrected chi connectivity index (χ4v) is 2.28. The molecule has 1 aromatic rings. The van der Waals surface area contributed by atoms with Crippen molar-refractivity contribution in [2.75, 3.05) is 7.11 Å². The summed E-state index contributed by atoms with van der Waals surface area (Å²) in [7, 11) is 1.23. The lowest BCUT2D eigenvalue weighted by Gasteiger charge is -2.10. The molecule has 88 valence electrons. The first-order chi connectivity index (χ1) is 7.45. The van der Waals surface area contributed by atoms with Crippen molar-refractivity contribution >= 4 is 28.6 Å². The van der Waals surface area contributed by atoms with E-state index in [2.05, 4.69) is 9.72 Å². The predicted molar refractivity (Wildman–Crippen MR) is 62.4 cm³/mol. The van der Waals surface area contributed by atoms with Crippen LogP contribution in [0.4, 0.5) is 8.78 Å². The van der Waals surface area contributed by atoms with Gasteiger partial charge in [0.25, 0.3) is 6.43 Å². The highest BCUT2D eigenvalue weighted by Gasteiger charge is 2.20. The molecule has 16 heavy (non-hydrogen) atoms. The third kappa shape index (κ3) is 3.10. The summed E-state index contributed by atoms with van der Waals surface area (Å²) in [6.45, 7) is 1.69. The van der Waals surface area contributed by atoms with Crippen molar-refractivity contribution in [1.82, 2.24) is 4.98 Å². The standard InChI is InChI=1S/C10H10F2INO2/c1-5-3-6(4-7(15)16-2)8(9(11)12)10(13)14-5/h3,9H,4H2,1-2H3. The number of carbonyl (C=O) groups is 1. The van der Waals surface area contributed by atoms with Crippen LogP contribution in [0, 0.1) is 10.6 Å². The number of ether oxygens (including phenoxy) is 1. The van der Waals surface area contributed by atoms with Gasteiger partial charge >= 0.3 is 5.97 Å². The molecule has 0 fully saturated rings. The molecule has 1 aromatic heterocycles. The fraction of sp³-hybridized carbons (Fsp3) is 0.400. The quantitative estimate of drug-likeness (QED) is 0.482. The zero-order valence-electron chi connectivity index (χ0n) is 8.76. The molecule has 0 unspecified atom stereocenters. The third-order valence-electron chi connectivity index (χ3n) is 2.01. The number of methoxy groups -OCH3 is 1. The van der Waals surface area contributed by atoms with Crippen LogP contribution in [0.1, 0.15) is 23.2 Å². The molecule has 0 atom stereocenters. The molecule has 0 amide bonds. The van der Waals surface area contributed by atoms with Crippen molar-refractivity contribution in [1.29, 1.82) is 0 Å². The number of hydrogen-bond donors (Lipinski definition) is 0. The van der Waals surface area contributed by atoms with E-state index in [0.29, 0.717) is 5.69 Å². The minimum absolute atomic E-state index is 0.157. The molecule has 6 heteroatoms. The highest BCUT2D eigenvalue weighted by molar-refractivity contribution is 14.1. The second-order valence-electron chi connectivity index (χ2n) is 3.18. The summed E-state index contributed by atoms with van der Waals surface area (Å²) >= 11 is 1.74. The van der Waals surface area contributed by atoms with Gasteiger partial charge in [-0.1, -0.05) is 0 Å². The average molecular weight is 341 g/mol. The van der Waals surface area contributed by atoms with Gasteiger partial charge in [0.15, 0.2) is 0 Å². The van der Waals surface area contributed by atoms with Gasteiger partial charge in [-0.15, -0.1) is 0 Å². The zero-order chi connectivity index (χ0) is 12.3. The number of halogens is 3. The van der Waals surface area contributed by atoms with Crippen molar-refractivity contribution in [3.63, 3.8) is 0 Å². The van der Waals surface area contributed by atoms with Gasteiger partial charge in [-0.2, -0.15) is 0 Å². The topological polar surface area (TPSA) is 39.2 Å². The second kappa shape index (κ2) is 5.51. The van der Waals surface area contributed by atoms with E-state index in [1.54, 1.807) is 29.5 Å². The van der Waals surface area contributed by atoms with Gasteiger partial charge in [-0.25, -0.2) is 13.8 Å². The summed E-state index contributed by atoms with van der Waals surface area (Å²) in [6.07, 6.45) is -2.80. The molecule has 1 rings (SSSR count). The summed E-state index contributed by atoms with van der Waals surface area (Å²) < 4.78 is 30.2. The molecule has 3 nitrogen and oxygen atoms in total. The maximum Gasteiger partial charge on any atom is 0.309 e. The lowest BCUT2D eigenvalue weighted by atomic mass is 10.1. The van der Waals surface area contributed by atoms with Gasteiger partial charge in [0.2, 0.25) is 0 Å². The van der Waals surface area contributed by atoms with Crippen LogP contribution in [-0.4, -0.2) is 18.1 Å². The van der Waals surface area contributed by atoms with Crippen molar-refractivity contribution in [2.24, 2.45) is 0 Å². The molecular formula is C10H10F2INO2. The van der Waals surface area contributed by atoms with Crippen LogP contribution in [-0.2, 0) is 16.0 Å². The minimum Gasteiger partial charge on any atom is -0.469 e. The Bertz CT molecular complexity index is 410. The van der Waals surface area contributed by atoms with E-state index < -0.39 is 12.4 Å².